The van der Waals surface area contributed by atoms with E-state index in [1.54, 1.807) is 11.8 Å². The Morgan fingerprint density at radius 1 is 1.05 bits per heavy atom. The van der Waals surface area contributed by atoms with Crippen LogP contribution in [0.1, 0.15) is 0 Å². The van der Waals surface area contributed by atoms with E-state index in [-0.39, 0.29) is 0 Å². The number of hydrogen-bond acceptors (Lipinski definition) is 4. The second-order valence-electron chi connectivity index (χ2n) is 4.91. The van der Waals surface area contributed by atoms with E-state index in [2.05, 4.69) is 33.5 Å². The summed E-state index contributed by atoms with van der Waals surface area (Å²) in [5.41, 5.74) is 3.63. The van der Waals surface area contributed by atoms with Gasteiger partial charge < -0.3 is 9.51 Å². The Kier molecular flexibility index (Phi) is 3.20. The van der Waals surface area contributed by atoms with Gasteiger partial charge in [0.25, 0.3) is 0 Å². The first-order valence-electron chi connectivity index (χ1n) is 6.90. The van der Waals surface area contributed by atoms with Crippen molar-refractivity contribution in [3.05, 3.63) is 54.6 Å². The van der Waals surface area contributed by atoms with Crippen molar-refractivity contribution >= 4 is 22.8 Å². The molecule has 22 heavy (non-hydrogen) atoms. The molecular formula is C17H13N3OS. The second kappa shape index (κ2) is 5.35. The van der Waals surface area contributed by atoms with Crippen LogP contribution in [0.15, 0.2) is 64.0 Å². The quantitative estimate of drug-likeness (QED) is 0.562. The first-order chi connectivity index (χ1) is 10.8. The lowest BCUT2D eigenvalue weighted by Gasteiger charge is -1.97. The molecule has 0 amide bonds. The topological polar surface area (TPSA) is 54.7 Å². The summed E-state index contributed by atoms with van der Waals surface area (Å²) in [4.78, 5) is 9.02. The summed E-state index contributed by atoms with van der Waals surface area (Å²) in [6.45, 7) is 0. The van der Waals surface area contributed by atoms with E-state index in [9.17, 15) is 0 Å². The van der Waals surface area contributed by atoms with Crippen LogP contribution in [0.4, 0.5) is 0 Å². The van der Waals surface area contributed by atoms with Crippen molar-refractivity contribution in [2.75, 3.05) is 6.26 Å². The van der Waals surface area contributed by atoms with Gasteiger partial charge in [0.1, 0.15) is 5.69 Å². The normalized spacial score (nSPS) is 11.1. The lowest BCUT2D eigenvalue weighted by Crippen LogP contribution is -1.78. The van der Waals surface area contributed by atoms with Crippen LogP contribution < -0.4 is 0 Å². The van der Waals surface area contributed by atoms with Crippen LogP contribution in [-0.2, 0) is 0 Å². The molecule has 108 valence electrons. The van der Waals surface area contributed by atoms with Gasteiger partial charge in [-0.1, -0.05) is 29.4 Å². The van der Waals surface area contributed by atoms with Crippen molar-refractivity contribution in [3.8, 4) is 22.8 Å². The van der Waals surface area contributed by atoms with Crippen molar-refractivity contribution in [2.45, 2.75) is 4.90 Å². The molecule has 0 saturated heterocycles. The Morgan fingerprint density at radius 3 is 2.64 bits per heavy atom. The minimum atomic E-state index is 0.708. The molecule has 2 heterocycles. The van der Waals surface area contributed by atoms with Gasteiger partial charge in [0.2, 0.25) is 0 Å². The molecule has 0 spiro atoms. The molecule has 4 aromatic rings. The minimum Gasteiger partial charge on any atom is -0.356 e. The number of para-hydroxylation sites is 2. The fourth-order valence-electron chi connectivity index (χ4n) is 2.35. The molecule has 2 aromatic heterocycles. The number of rotatable bonds is 3. The number of aromatic amines is 1. The number of fused-ring (bicyclic) bond motifs is 1. The minimum absolute atomic E-state index is 0.708. The van der Waals surface area contributed by atoms with Crippen LogP contribution in [0.5, 0.6) is 0 Å². The predicted octanol–water partition coefficient (Wildman–Crippen LogP) is 4.61. The van der Waals surface area contributed by atoms with Crippen molar-refractivity contribution in [1.82, 2.24) is 15.1 Å². The van der Waals surface area contributed by atoms with Crippen LogP contribution in [0, 0.1) is 0 Å². The first-order valence-corrected chi connectivity index (χ1v) is 8.12. The molecule has 0 aliphatic heterocycles. The summed E-state index contributed by atoms with van der Waals surface area (Å²) in [7, 11) is 0. The zero-order chi connectivity index (χ0) is 14.9. The average molecular weight is 307 g/mol. The molecular weight excluding hydrogens is 294 g/mol. The Labute approximate surface area is 131 Å². The molecule has 1 N–H and O–H groups in total. The summed E-state index contributed by atoms with van der Waals surface area (Å²) in [5.74, 6) is 1.46. The Hall–Kier alpha value is -2.53. The van der Waals surface area contributed by atoms with Gasteiger partial charge in [-0.25, -0.2) is 4.98 Å². The number of nitrogens with zero attached hydrogens (tertiary/aromatic N) is 2. The molecule has 0 bridgehead atoms. The summed E-state index contributed by atoms with van der Waals surface area (Å²) in [5, 5.41) is 4.13. The summed E-state index contributed by atoms with van der Waals surface area (Å²) >= 11 is 1.72. The van der Waals surface area contributed by atoms with Crippen LogP contribution in [0.3, 0.4) is 0 Å². The highest BCUT2D eigenvalue weighted by molar-refractivity contribution is 7.98. The molecule has 0 unspecified atom stereocenters. The maximum atomic E-state index is 5.46. The fourth-order valence-corrected chi connectivity index (χ4v) is 2.76. The van der Waals surface area contributed by atoms with E-state index in [0.717, 1.165) is 28.2 Å². The van der Waals surface area contributed by atoms with E-state index in [1.165, 1.54) is 4.90 Å². The lowest BCUT2D eigenvalue weighted by molar-refractivity contribution is 0.434. The van der Waals surface area contributed by atoms with Crippen molar-refractivity contribution in [2.24, 2.45) is 0 Å². The Bertz CT molecular complexity index is 891. The highest BCUT2D eigenvalue weighted by atomic mass is 32.2. The van der Waals surface area contributed by atoms with Crippen LogP contribution in [-0.4, -0.2) is 21.4 Å². The molecule has 4 rings (SSSR count). The van der Waals surface area contributed by atoms with Gasteiger partial charge in [0, 0.05) is 16.5 Å². The number of benzene rings is 2. The average Bonchev–Trinajstić information content (AvgIpc) is 3.21. The predicted molar refractivity (Wildman–Crippen MR) is 88.8 cm³/mol. The van der Waals surface area contributed by atoms with Gasteiger partial charge in [-0.15, -0.1) is 11.8 Å². The van der Waals surface area contributed by atoms with Gasteiger partial charge in [-0.3, -0.25) is 0 Å². The third kappa shape index (κ3) is 2.29. The van der Waals surface area contributed by atoms with E-state index in [1.807, 2.05) is 42.5 Å². The summed E-state index contributed by atoms with van der Waals surface area (Å²) in [6.07, 6.45) is 2.06. The summed E-state index contributed by atoms with van der Waals surface area (Å²) in [6, 6.07) is 18.0. The van der Waals surface area contributed by atoms with Gasteiger partial charge in [-0.05, 0) is 30.5 Å². The molecule has 5 heteroatoms. The molecule has 0 radical (unpaired) electrons. The molecule has 0 fully saturated rings. The van der Waals surface area contributed by atoms with E-state index >= 15 is 0 Å². The zero-order valence-corrected chi connectivity index (χ0v) is 12.7. The third-order valence-corrected chi connectivity index (χ3v) is 4.26. The fraction of sp³-hybridized carbons (Fsp3) is 0.0588. The van der Waals surface area contributed by atoms with Gasteiger partial charge >= 0.3 is 0 Å². The van der Waals surface area contributed by atoms with Gasteiger partial charge in [0.05, 0.1) is 11.0 Å². The number of hydrogen-bond donors (Lipinski definition) is 1. The number of aromatic nitrogens is 3. The number of imidazole rings is 1. The molecule has 2 aromatic carbocycles. The van der Waals surface area contributed by atoms with Crippen LogP contribution >= 0.6 is 11.8 Å². The third-order valence-electron chi connectivity index (χ3n) is 3.52. The number of thioether (sulfide) groups is 1. The number of H-pyrrole nitrogens is 1. The maximum Gasteiger partial charge on any atom is 0.167 e. The van der Waals surface area contributed by atoms with E-state index in [4.69, 9.17) is 4.52 Å². The van der Waals surface area contributed by atoms with Crippen LogP contribution in [0.2, 0.25) is 0 Å². The number of nitrogens with one attached hydrogen (secondary N) is 1. The van der Waals surface area contributed by atoms with Crippen molar-refractivity contribution in [3.63, 3.8) is 0 Å². The van der Waals surface area contributed by atoms with Crippen molar-refractivity contribution < 1.29 is 4.52 Å². The molecule has 0 aliphatic carbocycles. The highest BCUT2D eigenvalue weighted by Gasteiger charge is 2.12. The molecule has 0 saturated carbocycles. The SMILES string of the molecule is CSc1ccc(-c2cc(-c3nc4ccccc4[nH]3)no2)cc1. The Balaban J connectivity index is 1.70. The van der Waals surface area contributed by atoms with Crippen molar-refractivity contribution in [1.29, 1.82) is 0 Å². The first kappa shape index (κ1) is 13.2. The Morgan fingerprint density at radius 2 is 1.86 bits per heavy atom. The van der Waals surface area contributed by atoms with Crippen LogP contribution in [0.25, 0.3) is 33.9 Å². The smallest absolute Gasteiger partial charge is 0.167 e. The van der Waals surface area contributed by atoms with Gasteiger partial charge in [0.15, 0.2) is 11.6 Å². The largest absolute Gasteiger partial charge is 0.356 e. The van der Waals surface area contributed by atoms with E-state index in [0.29, 0.717) is 5.69 Å². The zero-order valence-electron chi connectivity index (χ0n) is 11.9. The molecule has 4 nitrogen and oxygen atoms in total. The monoisotopic (exact) mass is 307 g/mol. The lowest BCUT2D eigenvalue weighted by atomic mass is 10.1. The second-order valence-corrected chi connectivity index (χ2v) is 5.79. The molecule has 0 atom stereocenters. The molecule has 0 aliphatic rings. The maximum absolute atomic E-state index is 5.46. The highest BCUT2D eigenvalue weighted by Crippen LogP contribution is 2.27. The summed E-state index contributed by atoms with van der Waals surface area (Å²) < 4.78 is 5.46. The van der Waals surface area contributed by atoms with Gasteiger partial charge in [-0.2, -0.15) is 0 Å². The standard InChI is InChI=1S/C17H13N3OS/c1-22-12-8-6-11(7-9-12)16-10-15(20-21-16)17-18-13-4-2-3-5-14(13)19-17/h2-10H,1H3,(H,18,19). The van der Waals surface area contributed by atoms with E-state index < -0.39 is 0 Å².